The van der Waals surface area contributed by atoms with E-state index < -0.39 is 17.8 Å². The molecule has 1 saturated carbocycles. The van der Waals surface area contributed by atoms with Crippen molar-refractivity contribution in [3.63, 3.8) is 0 Å². The molecule has 1 saturated heterocycles. The topological polar surface area (TPSA) is 63.7 Å². The smallest absolute Gasteiger partial charge is 0.330 e. The molecule has 5 heteroatoms. The highest BCUT2D eigenvalue weighted by molar-refractivity contribution is 6.01. The van der Waals surface area contributed by atoms with Crippen LogP contribution in [0.15, 0.2) is 30.3 Å². The maximum absolute atomic E-state index is 11.9. The van der Waals surface area contributed by atoms with Crippen molar-refractivity contribution in [1.82, 2.24) is 5.06 Å². The van der Waals surface area contributed by atoms with Gasteiger partial charge in [0.2, 0.25) is 0 Å². The van der Waals surface area contributed by atoms with E-state index in [0.717, 1.165) is 5.56 Å². The standard InChI is InChI=1S/C14H13NO4/c16-12-6-7-13(17)15(12)19-14(18)11-8-10(11)9-4-2-1-3-5-9/h1-5,10-11H,6-8H2. The zero-order valence-corrected chi connectivity index (χ0v) is 10.2. The Labute approximate surface area is 110 Å². The number of nitrogens with zero attached hydrogens (tertiary/aromatic N) is 1. The molecule has 2 amide bonds. The van der Waals surface area contributed by atoms with Crippen molar-refractivity contribution in [1.29, 1.82) is 0 Å². The minimum Gasteiger partial charge on any atom is -0.330 e. The van der Waals surface area contributed by atoms with Crippen molar-refractivity contribution in [3.8, 4) is 0 Å². The van der Waals surface area contributed by atoms with Gasteiger partial charge in [0, 0.05) is 12.8 Å². The zero-order chi connectivity index (χ0) is 13.4. The molecular formula is C14H13NO4. The van der Waals surface area contributed by atoms with Gasteiger partial charge in [-0.05, 0) is 17.9 Å². The van der Waals surface area contributed by atoms with E-state index in [9.17, 15) is 14.4 Å². The number of hydrogen-bond acceptors (Lipinski definition) is 4. The van der Waals surface area contributed by atoms with E-state index in [-0.39, 0.29) is 24.7 Å². The van der Waals surface area contributed by atoms with Gasteiger partial charge in [0.1, 0.15) is 0 Å². The number of benzene rings is 1. The van der Waals surface area contributed by atoms with E-state index in [1.807, 2.05) is 30.3 Å². The summed E-state index contributed by atoms with van der Waals surface area (Å²) < 4.78 is 0. The predicted molar refractivity (Wildman–Crippen MR) is 64.5 cm³/mol. The molecule has 0 aromatic heterocycles. The van der Waals surface area contributed by atoms with Crippen LogP contribution in [0.4, 0.5) is 0 Å². The molecule has 0 bridgehead atoms. The summed E-state index contributed by atoms with van der Waals surface area (Å²) in [5, 5.41) is 0.614. The molecule has 1 aromatic rings. The van der Waals surface area contributed by atoms with E-state index in [2.05, 4.69) is 0 Å². The van der Waals surface area contributed by atoms with Crippen LogP contribution in [0.5, 0.6) is 0 Å². The van der Waals surface area contributed by atoms with Crippen LogP contribution in [0.3, 0.4) is 0 Å². The van der Waals surface area contributed by atoms with Gasteiger partial charge in [-0.25, -0.2) is 4.79 Å². The van der Waals surface area contributed by atoms with E-state index in [1.54, 1.807) is 0 Å². The lowest BCUT2D eigenvalue weighted by Gasteiger charge is -2.12. The van der Waals surface area contributed by atoms with Crippen LogP contribution in [-0.2, 0) is 19.2 Å². The maximum atomic E-state index is 11.9. The maximum Gasteiger partial charge on any atom is 0.336 e. The average Bonchev–Trinajstić information content (AvgIpc) is 3.17. The summed E-state index contributed by atoms with van der Waals surface area (Å²) in [4.78, 5) is 39.5. The van der Waals surface area contributed by atoms with E-state index in [0.29, 0.717) is 11.5 Å². The Morgan fingerprint density at radius 2 is 1.74 bits per heavy atom. The predicted octanol–water partition coefficient (Wildman–Crippen LogP) is 1.40. The number of rotatable bonds is 3. The molecule has 1 aromatic carbocycles. The molecule has 2 fully saturated rings. The molecule has 19 heavy (non-hydrogen) atoms. The first-order chi connectivity index (χ1) is 9.16. The minimum atomic E-state index is -0.488. The largest absolute Gasteiger partial charge is 0.336 e. The fourth-order valence-electron chi connectivity index (χ4n) is 2.34. The first kappa shape index (κ1) is 11.9. The fraction of sp³-hybridized carbons (Fsp3) is 0.357. The Morgan fingerprint density at radius 1 is 1.11 bits per heavy atom. The third-order valence-corrected chi connectivity index (χ3v) is 3.51. The van der Waals surface area contributed by atoms with Crippen molar-refractivity contribution in [2.24, 2.45) is 5.92 Å². The van der Waals surface area contributed by atoms with Crippen LogP contribution in [0.2, 0.25) is 0 Å². The van der Waals surface area contributed by atoms with Crippen LogP contribution in [-0.4, -0.2) is 22.8 Å². The minimum absolute atomic E-state index is 0.124. The SMILES string of the molecule is O=C(ON1C(=O)CCC1=O)C1CC1c1ccccc1. The Bertz CT molecular complexity index is 524. The first-order valence-electron chi connectivity index (χ1n) is 6.29. The van der Waals surface area contributed by atoms with Crippen molar-refractivity contribution < 1.29 is 19.2 Å². The van der Waals surface area contributed by atoms with Gasteiger partial charge in [0.05, 0.1) is 5.92 Å². The molecule has 1 aliphatic heterocycles. The lowest BCUT2D eigenvalue weighted by molar-refractivity contribution is -0.198. The van der Waals surface area contributed by atoms with Crippen LogP contribution in [0, 0.1) is 5.92 Å². The molecule has 2 aliphatic rings. The van der Waals surface area contributed by atoms with E-state index in [1.165, 1.54) is 0 Å². The molecule has 0 N–H and O–H groups in total. The highest BCUT2D eigenvalue weighted by Crippen LogP contribution is 2.48. The molecular weight excluding hydrogens is 246 g/mol. The first-order valence-corrected chi connectivity index (χ1v) is 6.29. The summed E-state index contributed by atoms with van der Waals surface area (Å²) in [6.07, 6.45) is 0.955. The number of hydrogen-bond donors (Lipinski definition) is 0. The highest BCUT2D eigenvalue weighted by atomic mass is 16.7. The molecule has 3 rings (SSSR count). The second-order valence-corrected chi connectivity index (χ2v) is 4.85. The average molecular weight is 259 g/mol. The van der Waals surface area contributed by atoms with Gasteiger partial charge in [0.15, 0.2) is 0 Å². The van der Waals surface area contributed by atoms with Gasteiger partial charge in [-0.15, -0.1) is 5.06 Å². The Kier molecular flexibility index (Phi) is 2.81. The number of carbonyl (C=O) groups excluding carboxylic acids is 3. The lowest BCUT2D eigenvalue weighted by atomic mass is 10.1. The molecule has 5 nitrogen and oxygen atoms in total. The zero-order valence-electron chi connectivity index (χ0n) is 10.2. The van der Waals surface area contributed by atoms with E-state index in [4.69, 9.17) is 4.84 Å². The van der Waals surface area contributed by atoms with Crippen molar-refractivity contribution in [3.05, 3.63) is 35.9 Å². The van der Waals surface area contributed by atoms with Gasteiger partial charge in [-0.1, -0.05) is 30.3 Å². The van der Waals surface area contributed by atoms with Crippen LogP contribution >= 0.6 is 0 Å². The van der Waals surface area contributed by atoms with E-state index >= 15 is 0 Å². The molecule has 2 unspecified atom stereocenters. The number of amides is 2. The molecule has 0 radical (unpaired) electrons. The Balaban J connectivity index is 1.61. The Morgan fingerprint density at radius 3 is 2.37 bits per heavy atom. The van der Waals surface area contributed by atoms with Crippen LogP contribution in [0.25, 0.3) is 0 Å². The van der Waals surface area contributed by atoms with Gasteiger partial charge in [-0.2, -0.15) is 0 Å². The number of imide groups is 1. The molecule has 0 spiro atoms. The van der Waals surface area contributed by atoms with Gasteiger partial charge in [-0.3, -0.25) is 9.59 Å². The highest BCUT2D eigenvalue weighted by Gasteiger charge is 2.47. The molecule has 98 valence electrons. The third kappa shape index (κ3) is 2.23. The molecule has 1 heterocycles. The quantitative estimate of drug-likeness (QED) is 0.770. The number of carbonyl (C=O) groups is 3. The monoisotopic (exact) mass is 259 g/mol. The van der Waals surface area contributed by atoms with Gasteiger partial charge in [0.25, 0.3) is 11.8 Å². The third-order valence-electron chi connectivity index (χ3n) is 3.51. The van der Waals surface area contributed by atoms with Crippen molar-refractivity contribution in [2.75, 3.05) is 0 Å². The lowest BCUT2D eigenvalue weighted by Crippen LogP contribution is -2.32. The summed E-state index contributed by atoms with van der Waals surface area (Å²) in [7, 11) is 0. The van der Waals surface area contributed by atoms with Crippen LogP contribution < -0.4 is 0 Å². The Hall–Kier alpha value is -2.17. The second-order valence-electron chi connectivity index (χ2n) is 4.85. The second kappa shape index (κ2) is 4.50. The van der Waals surface area contributed by atoms with Crippen LogP contribution in [0.1, 0.15) is 30.7 Å². The number of hydroxylamine groups is 2. The van der Waals surface area contributed by atoms with Crippen molar-refractivity contribution >= 4 is 17.8 Å². The summed E-state index contributed by atoms with van der Waals surface area (Å²) in [6, 6.07) is 9.68. The van der Waals surface area contributed by atoms with Gasteiger partial charge < -0.3 is 4.84 Å². The van der Waals surface area contributed by atoms with Gasteiger partial charge >= 0.3 is 5.97 Å². The molecule has 2 atom stereocenters. The summed E-state index contributed by atoms with van der Waals surface area (Å²) in [6.45, 7) is 0. The normalized spacial score (nSPS) is 25.6. The van der Waals surface area contributed by atoms with Crippen molar-refractivity contribution in [2.45, 2.75) is 25.2 Å². The summed E-state index contributed by atoms with van der Waals surface area (Å²) in [5.74, 6) is -1.46. The molecule has 1 aliphatic carbocycles. The fourth-order valence-corrected chi connectivity index (χ4v) is 2.34. The summed E-state index contributed by atoms with van der Waals surface area (Å²) in [5.41, 5.74) is 1.09. The summed E-state index contributed by atoms with van der Waals surface area (Å²) >= 11 is 0.